The largest absolute Gasteiger partial charge is 0.311 e. The van der Waals surface area contributed by atoms with Gasteiger partial charge in [0, 0.05) is 39.8 Å². The molecule has 0 aromatic heterocycles. The Morgan fingerprint density at radius 3 is 1.11 bits per heavy atom. The van der Waals surface area contributed by atoms with Crippen LogP contribution in [-0.2, 0) is 0 Å². The molecule has 0 radical (unpaired) electrons. The molecule has 0 N–H and O–H groups in total. The molecule has 9 rings (SSSR count). The fraction of sp³-hybridized carbons (Fsp3) is 0.143. The maximum Gasteiger partial charge on any atom is 0.149 e. The third kappa shape index (κ3) is 3.71. The van der Waals surface area contributed by atoms with Gasteiger partial charge in [-0.3, -0.25) is 0 Å². The molecule has 0 atom stereocenters. The van der Waals surface area contributed by atoms with Crippen molar-refractivity contribution in [3.8, 4) is 0 Å². The number of hydrogen-bond donors (Lipinski definition) is 0. The first-order valence-electron chi connectivity index (χ1n) is 16.3. The van der Waals surface area contributed by atoms with Gasteiger partial charge in [0.05, 0.1) is 11.4 Å². The van der Waals surface area contributed by atoms with Gasteiger partial charge in [-0.05, 0) is 134 Å². The average molecular weight is 612 g/mol. The third-order valence-corrected chi connectivity index (χ3v) is 13.7. The van der Waals surface area contributed by atoms with Crippen LogP contribution in [0.1, 0.15) is 33.4 Å². The third-order valence-electron chi connectivity index (χ3n) is 10.2. The van der Waals surface area contributed by atoms with Crippen molar-refractivity contribution in [2.75, 3.05) is 14.7 Å². The van der Waals surface area contributed by atoms with Crippen molar-refractivity contribution in [1.29, 1.82) is 0 Å². The summed E-state index contributed by atoms with van der Waals surface area (Å²) in [5.41, 5.74) is 19.4. The van der Waals surface area contributed by atoms with Crippen LogP contribution in [0.4, 0.5) is 51.2 Å². The zero-order valence-electron chi connectivity index (χ0n) is 27.3. The lowest BCUT2D eigenvalue weighted by atomic mass is 10.0. The molecule has 4 heteroatoms. The highest BCUT2D eigenvalue weighted by atomic mass is 28.3. The van der Waals surface area contributed by atoms with E-state index in [2.05, 4.69) is 165 Å². The first kappa shape index (κ1) is 27.3. The van der Waals surface area contributed by atoms with Gasteiger partial charge in [0.2, 0.25) is 0 Å². The quantitative estimate of drug-likeness (QED) is 0.185. The van der Waals surface area contributed by atoms with E-state index in [0.29, 0.717) is 0 Å². The van der Waals surface area contributed by atoms with Gasteiger partial charge in [0.1, 0.15) is 8.80 Å². The summed E-state index contributed by atoms with van der Waals surface area (Å²) in [6.45, 7) is 13.4. The minimum Gasteiger partial charge on any atom is -0.311 e. The second-order valence-electron chi connectivity index (χ2n) is 13.5. The minimum absolute atomic E-state index is 1.21. The molecular weight excluding hydrogens is 575 g/mol. The Balaban J connectivity index is 1.46. The standard InChI is InChI=1S/C42H37N3Si/c1-25-7-15-31(16-8-25)43-34-21-13-29(5)38-41(34)46-40-36(43)23-28(4)24-37(40)44(32-17-9-26(2)10-18-32)35-22-14-30(6)39(42(35)46)45(38)33-19-11-27(3)12-20-33/h7-24,46H,1-6H3. The highest BCUT2D eigenvalue weighted by molar-refractivity contribution is 7.02. The number of rotatable bonds is 3. The Kier molecular flexibility index (Phi) is 5.76. The van der Waals surface area contributed by atoms with Gasteiger partial charge >= 0.3 is 0 Å². The van der Waals surface area contributed by atoms with Gasteiger partial charge in [-0.25, -0.2) is 0 Å². The number of anilines is 9. The highest BCUT2D eigenvalue weighted by Gasteiger charge is 2.48. The molecular formula is C42H37N3Si. The second-order valence-corrected chi connectivity index (χ2v) is 16.1. The predicted octanol–water partition coefficient (Wildman–Crippen LogP) is 9.14. The molecule has 0 aliphatic carbocycles. The van der Waals surface area contributed by atoms with Gasteiger partial charge in [0.15, 0.2) is 0 Å². The van der Waals surface area contributed by atoms with E-state index in [1.165, 1.54) is 100 Å². The Morgan fingerprint density at radius 2 is 0.717 bits per heavy atom. The maximum absolute atomic E-state index is 2.59. The SMILES string of the molecule is Cc1ccc(N2c3cc(C)cc4c3[SiH]3c5c2ccc(C)c5N(c2ccc(C)cc2)c2c(C)ccc(c23)N4c2ccc(C)cc2)cc1. The fourth-order valence-corrected chi connectivity index (χ4v) is 12.3. The number of aryl methyl sites for hydroxylation is 6. The van der Waals surface area contributed by atoms with Crippen molar-refractivity contribution in [3.63, 3.8) is 0 Å². The molecule has 3 aliphatic heterocycles. The molecule has 6 aromatic rings. The summed E-state index contributed by atoms with van der Waals surface area (Å²) in [7, 11) is -1.94. The van der Waals surface area contributed by atoms with E-state index in [4.69, 9.17) is 0 Å². The molecule has 0 saturated heterocycles. The van der Waals surface area contributed by atoms with Crippen molar-refractivity contribution in [2.24, 2.45) is 0 Å². The van der Waals surface area contributed by atoms with Gasteiger partial charge in [-0.15, -0.1) is 0 Å². The van der Waals surface area contributed by atoms with Crippen molar-refractivity contribution in [2.45, 2.75) is 41.5 Å². The zero-order chi connectivity index (χ0) is 31.4. The lowest BCUT2D eigenvalue weighted by molar-refractivity contribution is 1.18. The van der Waals surface area contributed by atoms with E-state index in [1.54, 1.807) is 0 Å². The molecule has 0 spiro atoms. The van der Waals surface area contributed by atoms with Crippen LogP contribution in [0.5, 0.6) is 0 Å². The topological polar surface area (TPSA) is 9.72 Å². The van der Waals surface area contributed by atoms with Gasteiger partial charge in [0.25, 0.3) is 0 Å². The molecule has 3 heterocycles. The Hall–Kier alpha value is -5.06. The molecule has 6 aromatic carbocycles. The summed E-state index contributed by atoms with van der Waals surface area (Å²) in [4.78, 5) is 7.70. The van der Waals surface area contributed by atoms with E-state index < -0.39 is 8.80 Å². The van der Waals surface area contributed by atoms with E-state index >= 15 is 0 Å². The van der Waals surface area contributed by atoms with Gasteiger partial charge in [-0.1, -0.05) is 65.2 Å². The molecule has 0 saturated carbocycles. The molecule has 0 bridgehead atoms. The van der Waals surface area contributed by atoms with Crippen molar-refractivity contribution in [1.82, 2.24) is 0 Å². The van der Waals surface area contributed by atoms with Crippen molar-refractivity contribution >= 4 is 75.5 Å². The summed E-state index contributed by atoms with van der Waals surface area (Å²) >= 11 is 0. The van der Waals surface area contributed by atoms with E-state index in [1.807, 2.05) is 0 Å². The first-order valence-corrected chi connectivity index (χ1v) is 18.1. The molecule has 3 nitrogen and oxygen atoms in total. The number of hydrogen-bond acceptors (Lipinski definition) is 3. The number of nitrogens with zero attached hydrogens (tertiary/aromatic N) is 3. The van der Waals surface area contributed by atoms with Crippen molar-refractivity contribution in [3.05, 3.63) is 143 Å². The molecule has 224 valence electrons. The summed E-state index contributed by atoms with van der Waals surface area (Å²) in [6.07, 6.45) is 0. The van der Waals surface area contributed by atoms with E-state index in [-0.39, 0.29) is 0 Å². The molecule has 46 heavy (non-hydrogen) atoms. The summed E-state index contributed by atoms with van der Waals surface area (Å²) < 4.78 is 0. The van der Waals surface area contributed by atoms with Crippen LogP contribution in [0.25, 0.3) is 0 Å². The zero-order valence-corrected chi connectivity index (χ0v) is 28.5. The molecule has 0 amide bonds. The Morgan fingerprint density at radius 1 is 0.348 bits per heavy atom. The van der Waals surface area contributed by atoms with Crippen LogP contribution in [0.15, 0.2) is 109 Å². The molecule has 0 fully saturated rings. The predicted molar refractivity (Wildman–Crippen MR) is 199 cm³/mol. The lowest BCUT2D eigenvalue weighted by Crippen LogP contribution is -2.65. The summed E-state index contributed by atoms with van der Waals surface area (Å²) in [6, 6.07) is 41.6. The second kappa shape index (κ2) is 9.72. The molecule has 3 aliphatic rings. The Bertz CT molecular complexity index is 2080. The Labute approximate surface area is 273 Å². The molecule has 0 unspecified atom stereocenters. The van der Waals surface area contributed by atoms with E-state index in [9.17, 15) is 0 Å². The van der Waals surface area contributed by atoms with Crippen LogP contribution in [-0.4, -0.2) is 8.80 Å². The fourth-order valence-electron chi connectivity index (χ4n) is 8.09. The van der Waals surface area contributed by atoms with Crippen LogP contribution >= 0.6 is 0 Å². The highest BCUT2D eigenvalue weighted by Crippen LogP contribution is 2.51. The smallest absolute Gasteiger partial charge is 0.149 e. The summed E-state index contributed by atoms with van der Waals surface area (Å²) in [5, 5.41) is 4.58. The summed E-state index contributed by atoms with van der Waals surface area (Å²) in [5.74, 6) is 0. The van der Waals surface area contributed by atoms with Crippen LogP contribution in [0.2, 0.25) is 0 Å². The van der Waals surface area contributed by atoms with Crippen LogP contribution < -0.4 is 30.3 Å². The lowest BCUT2D eigenvalue weighted by Gasteiger charge is -2.50. The van der Waals surface area contributed by atoms with Gasteiger partial charge in [-0.2, -0.15) is 0 Å². The first-order chi connectivity index (χ1) is 22.3. The number of benzene rings is 6. The van der Waals surface area contributed by atoms with Gasteiger partial charge < -0.3 is 14.7 Å². The van der Waals surface area contributed by atoms with Crippen LogP contribution in [0, 0.1) is 41.5 Å². The maximum atomic E-state index is 2.59. The van der Waals surface area contributed by atoms with Crippen LogP contribution in [0.3, 0.4) is 0 Å². The monoisotopic (exact) mass is 611 g/mol. The average Bonchev–Trinajstić information content (AvgIpc) is 3.05. The van der Waals surface area contributed by atoms with Crippen molar-refractivity contribution < 1.29 is 0 Å². The normalized spacial score (nSPS) is 14.1. The minimum atomic E-state index is -1.94. The van der Waals surface area contributed by atoms with E-state index in [0.717, 1.165) is 0 Å².